The van der Waals surface area contributed by atoms with Gasteiger partial charge in [-0.05, 0) is 59.7 Å². The monoisotopic (exact) mass is 405 g/mol. The predicted octanol–water partition coefficient (Wildman–Crippen LogP) is 5.36. The Morgan fingerprint density at radius 1 is 1.10 bits per heavy atom. The van der Waals surface area contributed by atoms with Crippen molar-refractivity contribution in [2.24, 2.45) is 13.0 Å². The van der Waals surface area contributed by atoms with E-state index in [-0.39, 0.29) is 5.92 Å². The Morgan fingerprint density at radius 2 is 1.90 bits per heavy atom. The Kier molecular flexibility index (Phi) is 5.11. The Hall–Kier alpha value is -2.41. The van der Waals surface area contributed by atoms with Crippen LogP contribution in [0.4, 0.5) is 17.6 Å². The SMILES string of the molecule is CC1CC(c2ccc3ncn(C)c3c2)CN(Cc2cc(F)cc(C(F)(F)F)c2)C1. The summed E-state index contributed by atoms with van der Waals surface area (Å²) in [4.78, 5) is 6.48. The second kappa shape index (κ2) is 7.44. The molecule has 4 rings (SSSR count). The summed E-state index contributed by atoms with van der Waals surface area (Å²) in [7, 11) is 1.96. The molecule has 2 heterocycles. The highest BCUT2D eigenvalue weighted by Gasteiger charge is 2.32. The van der Waals surface area contributed by atoms with Gasteiger partial charge >= 0.3 is 6.18 Å². The fourth-order valence-corrected chi connectivity index (χ4v) is 4.39. The molecule has 0 saturated carbocycles. The van der Waals surface area contributed by atoms with E-state index < -0.39 is 17.6 Å². The topological polar surface area (TPSA) is 21.1 Å². The molecular weight excluding hydrogens is 382 g/mol. The number of aromatic nitrogens is 2. The molecule has 0 bridgehead atoms. The van der Waals surface area contributed by atoms with Gasteiger partial charge in [0.05, 0.1) is 22.9 Å². The fraction of sp³-hybridized carbons (Fsp3) is 0.409. The minimum Gasteiger partial charge on any atom is -0.334 e. The molecule has 0 amide bonds. The van der Waals surface area contributed by atoms with Crippen LogP contribution in [0.15, 0.2) is 42.7 Å². The van der Waals surface area contributed by atoms with E-state index in [1.807, 2.05) is 17.7 Å². The van der Waals surface area contributed by atoms with Crippen LogP contribution in [0, 0.1) is 11.7 Å². The predicted molar refractivity (Wildman–Crippen MR) is 104 cm³/mol. The van der Waals surface area contributed by atoms with Crippen molar-refractivity contribution in [2.75, 3.05) is 13.1 Å². The molecule has 2 atom stereocenters. The van der Waals surface area contributed by atoms with Crippen LogP contribution in [0.2, 0.25) is 0 Å². The summed E-state index contributed by atoms with van der Waals surface area (Å²) in [6.45, 7) is 3.96. The first kappa shape index (κ1) is 19.9. The zero-order valence-electron chi connectivity index (χ0n) is 16.4. The van der Waals surface area contributed by atoms with Crippen LogP contribution < -0.4 is 0 Å². The quantitative estimate of drug-likeness (QED) is 0.547. The van der Waals surface area contributed by atoms with Gasteiger partial charge in [-0.25, -0.2) is 9.37 Å². The van der Waals surface area contributed by atoms with Crippen LogP contribution >= 0.6 is 0 Å². The lowest BCUT2D eigenvalue weighted by Crippen LogP contribution is -2.38. The molecule has 7 heteroatoms. The molecule has 0 radical (unpaired) electrons. The number of nitrogens with zero attached hydrogens (tertiary/aromatic N) is 3. The van der Waals surface area contributed by atoms with Crippen LogP contribution in [0.25, 0.3) is 11.0 Å². The summed E-state index contributed by atoms with van der Waals surface area (Å²) in [5.74, 6) is -0.182. The van der Waals surface area contributed by atoms with Crippen molar-refractivity contribution in [1.82, 2.24) is 14.5 Å². The summed E-state index contributed by atoms with van der Waals surface area (Å²) < 4.78 is 54.8. The first-order chi connectivity index (χ1) is 13.7. The molecule has 1 aliphatic heterocycles. The average Bonchev–Trinajstić information content (AvgIpc) is 3.00. The van der Waals surface area contributed by atoms with E-state index in [9.17, 15) is 17.6 Å². The van der Waals surface area contributed by atoms with Crippen molar-refractivity contribution >= 4 is 11.0 Å². The number of likely N-dealkylation sites (tertiary alicyclic amines) is 1. The van der Waals surface area contributed by atoms with Crippen LogP contribution in [-0.4, -0.2) is 27.5 Å². The second-order valence-corrected chi connectivity index (χ2v) is 8.18. The Bertz CT molecular complexity index is 1020. The molecule has 1 aromatic heterocycles. The number of aryl methyl sites for hydroxylation is 1. The number of hydrogen-bond acceptors (Lipinski definition) is 2. The number of piperidine rings is 1. The third-order valence-electron chi connectivity index (χ3n) is 5.65. The highest BCUT2D eigenvalue weighted by atomic mass is 19.4. The molecule has 3 nitrogen and oxygen atoms in total. The minimum atomic E-state index is -4.55. The summed E-state index contributed by atoms with van der Waals surface area (Å²) in [5.41, 5.74) is 2.62. The van der Waals surface area contributed by atoms with Gasteiger partial charge in [0.25, 0.3) is 0 Å². The maximum absolute atomic E-state index is 13.8. The van der Waals surface area contributed by atoms with Crippen LogP contribution in [0.5, 0.6) is 0 Å². The Labute approximate surface area is 167 Å². The molecule has 2 aromatic carbocycles. The Balaban J connectivity index is 1.56. The molecule has 154 valence electrons. The van der Waals surface area contributed by atoms with Crippen molar-refractivity contribution < 1.29 is 17.6 Å². The second-order valence-electron chi connectivity index (χ2n) is 8.18. The van der Waals surface area contributed by atoms with Gasteiger partial charge in [0.1, 0.15) is 5.82 Å². The summed E-state index contributed by atoms with van der Waals surface area (Å²) in [6, 6.07) is 9.04. The molecule has 0 aliphatic carbocycles. The Morgan fingerprint density at radius 3 is 2.66 bits per heavy atom. The molecule has 0 spiro atoms. The summed E-state index contributed by atoms with van der Waals surface area (Å²) in [6.07, 6.45) is -1.75. The van der Waals surface area contributed by atoms with Crippen molar-refractivity contribution in [3.8, 4) is 0 Å². The van der Waals surface area contributed by atoms with Crippen molar-refractivity contribution in [3.05, 3.63) is 65.2 Å². The van der Waals surface area contributed by atoms with Crippen LogP contribution in [0.1, 0.15) is 36.0 Å². The minimum absolute atomic E-state index is 0.272. The normalized spacial score (nSPS) is 21.0. The number of hydrogen-bond donors (Lipinski definition) is 0. The molecule has 29 heavy (non-hydrogen) atoms. The number of imidazole rings is 1. The zero-order valence-corrected chi connectivity index (χ0v) is 16.4. The molecule has 2 unspecified atom stereocenters. The lowest BCUT2D eigenvalue weighted by atomic mass is 9.85. The van der Waals surface area contributed by atoms with Gasteiger partial charge in [0, 0.05) is 26.7 Å². The average molecular weight is 405 g/mol. The maximum atomic E-state index is 13.8. The third kappa shape index (κ3) is 4.29. The highest BCUT2D eigenvalue weighted by Crippen LogP contribution is 2.34. The van der Waals surface area contributed by atoms with Crippen molar-refractivity contribution in [1.29, 1.82) is 0 Å². The van der Waals surface area contributed by atoms with E-state index in [1.165, 1.54) is 11.6 Å². The van der Waals surface area contributed by atoms with E-state index in [2.05, 4.69) is 28.9 Å². The smallest absolute Gasteiger partial charge is 0.334 e. The van der Waals surface area contributed by atoms with Gasteiger partial charge in [-0.1, -0.05) is 13.0 Å². The van der Waals surface area contributed by atoms with Crippen LogP contribution in [0.3, 0.4) is 0 Å². The molecule has 1 fully saturated rings. The zero-order chi connectivity index (χ0) is 20.8. The van der Waals surface area contributed by atoms with E-state index >= 15 is 0 Å². The van der Waals surface area contributed by atoms with Gasteiger partial charge in [-0.2, -0.15) is 13.2 Å². The molecule has 3 aromatic rings. The third-order valence-corrected chi connectivity index (χ3v) is 5.65. The standard InChI is InChI=1S/C22H23F4N3/c1-14-5-17(16-3-4-20-21(8-16)28(2)13-27-20)12-29(10-14)11-15-6-18(22(24,25)26)9-19(23)7-15/h3-4,6-9,13-14,17H,5,10-12H2,1-2H3. The van der Waals surface area contributed by atoms with Crippen LogP contribution in [-0.2, 0) is 19.8 Å². The van der Waals surface area contributed by atoms with Crippen molar-refractivity contribution in [3.63, 3.8) is 0 Å². The number of fused-ring (bicyclic) bond motifs is 1. The van der Waals surface area contributed by atoms with Gasteiger partial charge in [-0.15, -0.1) is 0 Å². The molecular formula is C22H23F4N3. The van der Waals surface area contributed by atoms with Gasteiger partial charge in [0.2, 0.25) is 0 Å². The number of benzene rings is 2. The first-order valence-electron chi connectivity index (χ1n) is 9.69. The molecule has 1 aliphatic rings. The van der Waals surface area contributed by atoms with E-state index in [4.69, 9.17) is 0 Å². The fourth-order valence-electron chi connectivity index (χ4n) is 4.39. The largest absolute Gasteiger partial charge is 0.416 e. The van der Waals surface area contributed by atoms with Gasteiger partial charge in [0.15, 0.2) is 0 Å². The number of rotatable bonds is 3. The van der Waals surface area contributed by atoms with E-state index in [1.54, 1.807) is 6.33 Å². The van der Waals surface area contributed by atoms with Gasteiger partial charge in [-0.3, -0.25) is 4.90 Å². The highest BCUT2D eigenvalue weighted by molar-refractivity contribution is 5.76. The van der Waals surface area contributed by atoms with Crippen molar-refractivity contribution in [2.45, 2.75) is 32.0 Å². The summed E-state index contributed by atoms with van der Waals surface area (Å²) in [5, 5.41) is 0. The number of alkyl halides is 3. The summed E-state index contributed by atoms with van der Waals surface area (Å²) >= 11 is 0. The maximum Gasteiger partial charge on any atom is 0.416 e. The number of halogens is 4. The lowest BCUT2D eigenvalue weighted by molar-refractivity contribution is -0.137. The molecule has 0 N–H and O–H groups in total. The first-order valence-corrected chi connectivity index (χ1v) is 9.69. The van der Waals surface area contributed by atoms with E-state index in [0.717, 1.165) is 36.6 Å². The van der Waals surface area contributed by atoms with Gasteiger partial charge < -0.3 is 4.57 Å². The van der Waals surface area contributed by atoms with E-state index in [0.29, 0.717) is 24.1 Å². The molecule has 1 saturated heterocycles. The lowest BCUT2D eigenvalue weighted by Gasteiger charge is -2.37.